The van der Waals surface area contributed by atoms with Crippen LogP contribution in [-0.2, 0) is 21.7 Å². The molecule has 0 aromatic heterocycles. The molecule has 1 aliphatic rings. The molecule has 4 rings (SSSR count). The molecule has 2 amide bonds. The van der Waals surface area contributed by atoms with Crippen LogP contribution >= 0.6 is 20.4 Å². The number of hydrogen-bond acceptors (Lipinski definition) is 6. The van der Waals surface area contributed by atoms with Crippen LogP contribution in [0.4, 0.5) is 0 Å². The molecule has 1 atom stereocenters. The summed E-state index contributed by atoms with van der Waals surface area (Å²) in [6.45, 7) is 0.683. The van der Waals surface area contributed by atoms with Crippen LogP contribution in [0.2, 0.25) is 0 Å². The minimum atomic E-state index is -1.49. The standard InChI is InChI=1S/C24H23N2O5PS/c25-23(27)13-14-26-24(28)20-6-2-4-8-22(20)33-16-17-9-11-19(12-10-17)30-32-29-15-18-5-1-3-7-21(18)31-32/h1-12H,13-16H2,(H2,25,27)(H,26,28). The molecule has 7 nitrogen and oxygen atoms in total. The summed E-state index contributed by atoms with van der Waals surface area (Å²) in [4.78, 5) is 24.2. The first-order chi connectivity index (χ1) is 16.1. The van der Waals surface area contributed by atoms with Crippen molar-refractivity contribution in [1.29, 1.82) is 0 Å². The Balaban J connectivity index is 1.31. The third-order valence-corrected chi connectivity index (χ3v) is 6.95. The van der Waals surface area contributed by atoms with E-state index < -0.39 is 14.5 Å². The summed E-state index contributed by atoms with van der Waals surface area (Å²) in [7, 11) is -1.49. The van der Waals surface area contributed by atoms with Crippen molar-refractivity contribution in [1.82, 2.24) is 5.32 Å². The fraction of sp³-hybridized carbons (Fsp3) is 0.167. The highest BCUT2D eigenvalue weighted by Gasteiger charge is 2.24. The van der Waals surface area contributed by atoms with Crippen molar-refractivity contribution in [3.8, 4) is 11.5 Å². The number of carbonyl (C=O) groups excluding carboxylic acids is 2. The number of thioether (sulfide) groups is 1. The lowest BCUT2D eigenvalue weighted by atomic mass is 10.2. The van der Waals surface area contributed by atoms with Gasteiger partial charge in [0.25, 0.3) is 5.91 Å². The van der Waals surface area contributed by atoms with Gasteiger partial charge in [0.1, 0.15) is 11.5 Å². The molecule has 0 spiro atoms. The average Bonchev–Trinajstić information content (AvgIpc) is 2.83. The zero-order valence-electron chi connectivity index (χ0n) is 17.7. The first-order valence-electron chi connectivity index (χ1n) is 10.3. The number of fused-ring (bicyclic) bond motifs is 1. The van der Waals surface area contributed by atoms with Gasteiger partial charge in [-0.05, 0) is 35.9 Å². The van der Waals surface area contributed by atoms with Gasteiger partial charge in [-0.15, -0.1) is 11.8 Å². The normalized spacial score (nSPS) is 14.6. The molecule has 0 saturated carbocycles. The minimum absolute atomic E-state index is 0.111. The minimum Gasteiger partial charge on any atom is -0.418 e. The smallest absolute Gasteiger partial charge is 0.418 e. The van der Waals surface area contributed by atoms with E-state index in [0.29, 0.717) is 23.7 Å². The van der Waals surface area contributed by atoms with Crippen LogP contribution < -0.4 is 20.1 Å². The zero-order valence-corrected chi connectivity index (χ0v) is 19.4. The molecule has 1 aliphatic heterocycles. The van der Waals surface area contributed by atoms with Gasteiger partial charge < -0.3 is 20.1 Å². The second-order valence-electron chi connectivity index (χ2n) is 7.19. The predicted molar refractivity (Wildman–Crippen MR) is 128 cm³/mol. The fourth-order valence-corrected chi connectivity index (χ4v) is 5.08. The van der Waals surface area contributed by atoms with Crippen LogP contribution in [-0.4, -0.2) is 18.4 Å². The molecule has 0 saturated heterocycles. The van der Waals surface area contributed by atoms with Crippen molar-refractivity contribution in [2.75, 3.05) is 6.54 Å². The Hall–Kier alpha value is -3.06. The summed E-state index contributed by atoms with van der Waals surface area (Å²) >= 11 is 1.56. The largest absolute Gasteiger partial charge is 0.463 e. The summed E-state index contributed by atoms with van der Waals surface area (Å²) in [6.07, 6.45) is 0.111. The van der Waals surface area contributed by atoms with Crippen molar-refractivity contribution in [3.05, 3.63) is 89.5 Å². The highest BCUT2D eigenvalue weighted by atomic mass is 32.2. The van der Waals surface area contributed by atoms with Gasteiger partial charge >= 0.3 is 8.60 Å². The molecule has 1 unspecified atom stereocenters. The lowest BCUT2D eigenvalue weighted by Gasteiger charge is -2.23. The molecule has 3 aromatic carbocycles. The van der Waals surface area contributed by atoms with Gasteiger partial charge in [0.05, 0.1) is 12.2 Å². The third kappa shape index (κ3) is 6.48. The quantitative estimate of drug-likeness (QED) is 0.336. The predicted octanol–water partition coefficient (Wildman–Crippen LogP) is 4.80. The molecular weight excluding hydrogens is 459 g/mol. The number of benzene rings is 3. The van der Waals surface area contributed by atoms with E-state index >= 15 is 0 Å². The first kappa shape index (κ1) is 23.1. The number of amides is 2. The number of hydrogen-bond donors (Lipinski definition) is 2. The number of nitrogens with two attached hydrogens (primary N) is 1. The maximum absolute atomic E-state index is 12.5. The van der Waals surface area contributed by atoms with Gasteiger partial charge in [0, 0.05) is 29.2 Å². The molecule has 3 aromatic rings. The molecule has 0 radical (unpaired) electrons. The number of rotatable bonds is 9. The van der Waals surface area contributed by atoms with Crippen LogP contribution in [0.3, 0.4) is 0 Å². The van der Waals surface area contributed by atoms with E-state index in [1.807, 2.05) is 66.7 Å². The van der Waals surface area contributed by atoms with E-state index in [9.17, 15) is 9.59 Å². The fourth-order valence-electron chi connectivity index (χ4n) is 3.05. The van der Waals surface area contributed by atoms with Crippen molar-refractivity contribution >= 4 is 32.2 Å². The van der Waals surface area contributed by atoms with E-state index in [4.69, 9.17) is 19.3 Å². The Morgan fingerprint density at radius 1 is 1.03 bits per heavy atom. The topological polar surface area (TPSA) is 99.9 Å². The van der Waals surface area contributed by atoms with Gasteiger partial charge in [-0.3, -0.25) is 14.1 Å². The average molecular weight is 482 g/mol. The monoisotopic (exact) mass is 482 g/mol. The van der Waals surface area contributed by atoms with E-state index in [1.54, 1.807) is 17.8 Å². The second kappa shape index (κ2) is 11.2. The number of carbonyl (C=O) groups is 2. The highest BCUT2D eigenvalue weighted by Crippen LogP contribution is 2.47. The molecule has 0 bridgehead atoms. The number of para-hydroxylation sites is 1. The van der Waals surface area contributed by atoms with E-state index in [0.717, 1.165) is 21.8 Å². The Morgan fingerprint density at radius 2 is 1.79 bits per heavy atom. The van der Waals surface area contributed by atoms with Gasteiger partial charge in [0.15, 0.2) is 0 Å². The summed E-state index contributed by atoms with van der Waals surface area (Å²) in [5.74, 6) is 1.47. The molecule has 170 valence electrons. The van der Waals surface area contributed by atoms with E-state index in [-0.39, 0.29) is 18.9 Å². The first-order valence-corrected chi connectivity index (χ1v) is 12.4. The van der Waals surface area contributed by atoms with Gasteiger partial charge in [0.2, 0.25) is 5.91 Å². The lowest BCUT2D eigenvalue weighted by molar-refractivity contribution is -0.117. The van der Waals surface area contributed by atoms with Gasteiger partial charge in [-0.1, -0.05) is 42.5 Å². The van der Waals surface area contributed by atoms with Crippen molar-refractivity contribution < 1.29 is 23.2 Å². The Kier molecular flexibility index (Phi) is 7.83. The van der Waals surface area contributed by atoms with Crippen LogP contribution in [0.25, 0.3) is 0 Å². The van der Waals surface area contributed by atoms with E-state index in [1.165, 1.54) is 0 Å². The summed E-state index contributed by atoms with van der Waals surface area (Å²) in [5, 5.41) is 2.73. The van der Waals surface area contributed by atoms with Crippen molar-refractivity contribution in [2.45, 2.75) is 23.7 Å². The summed E-state index contributed by atoms with van der Waals surface area (Å²) in [5.41, 5.74) is 7.79. The maximum Gasteiger partial charge on any atom is 0.463 e. The number of primary amides is 1. The second-order valence-corrected chi connectivity index (χ2v) is 9.28. The van der Waals surface area contributed by atoms with Crippen molar-refractivity contribution in [2.24, 2.45) is 5.73 Å². The van der Waals surface area contributed by atoms with Crippen molar-refractivity contribution in [3.63, 3.8) is 0 Å². The zero-order chi connectivity index (χ0) is 23.0. The molecule has 3 N–H and O–H groups in total. The Labute approximate surface area is 197 Å². The molecule has 0 fully saturated rings. The van der Waals surface area contributed by atoms with Gasteiger partial charge in [-0.25, -0.2) is 0 Å². The Bertz CT molecular complexity index is 1130. The van der Waals surface area contributed by atoms with Crippen LogP contribution in [0.5, 0.6) is 11.5 Å². The van der Waals surface area contributed by atoms with Crippen LogP contribution in [0.1, 0.15) is 27.9 Å². The Morgan fingerprint density at radius 3 is 2.61 bits per heavy atom. The molecule has 1 heterocycles. The summed E-state index contributed by atoms with van der Waals surface area (Å²) < 4.78 is 17.3. The SMILES string of the molecule is NC(=O)CCNC(=O)c1ccccc1SCc1ccc(OP2OCc3ccccc3O2)cc1. The molecule has 0 aliphatic carbocycles. The molecular formula is C24H23N2O5PS. The van der Waals surface area contributed by atoms with Gasteiger partial charge in [-0.2, -0.15) is 0 Å². The third-order valence-electron chi connectivity index (χ3n) is 4.76. The maximum atomic E-state index is 12.5. The summed E-state index contributed by atoms with van der Waals surface area (Å²) in [6, 6.07) is 22.9. The van der Waals surface area contributed by atoms with Crippen LogP contribution in [0, 0.1) is 0 Å². The van der Waals surface area contributed by atoms with Crippen LogP contribution in [0.15, 0.2) is 77.7 Å². The highest BCUT2D eigenvalue weighted by molar-refractivity contribution is 7.98. The number of nitrogens with one attached hydrogen (secondary N) is 1. The molecule has 9 heteroatoms. The lowest BCUT2D eigenvalue weighted by Crippen LogP contribution is -2.28. The van der Waals surface area contributed by atoms with E-state index in [2.05, 4.69) is 5.32 Å². The molecule has 33 heavy (non-hydrogen) atoms.